The molecule has 18 heavy (non-hydrogen) atoms. The normalized spacial score (nSPS) is 15.3. The van der Waals surface area contributed by atoms with Crippen LogP contribution in [0, 0.1) is 0 Å². The van der Waals surface area contributed by atoms with Crippen molar-refractivity contribution < 1.29 is 18.0 Å². The minimum absolute atomic E-state index is 0.177. The Bertz CT molecular complexity index is 516. The summed E-state index contributed by atoms with van der Waals surface area (Å²) in [6.45, 7) is 0. The molecule has 0 amide bonds. The van der Waals surface area contributed by atoms with E-state index in [0.717, 1.165) is 11.2 Å². The van der Waals surface area contributed by atoms with Gasteiger partial charge in [-0.1, -0.05) is 11.6 Å². The van der Waals surface area contributed by atoms with E-state index in [2.05, 4.69) is 5.53 Å². The Hall–Kier alpha value is -1.73. The van der Waals surface area contributed by atoms with Gasteiger partial charge >= 0.3 is 6.18 Å². The van der Waals surface area contributed by atoms with Crippen LogP contribution in [0.25, 0.3) is 0 Å². The fraction of sp³-hybridized carbons (Fsp3) is 0.100. The van der Waals surface area contributed by atoms with Crippen molar-refractivity contribution in [1.29, 1.82) is 0 Å². The number of hydrazine groups is 2. The lowest BCUT2D eigenvalue weighted by Gasteiger charge is -2.16. The molecule has 2 N–H and O–H groups in total. The Balaban J connectivity index is 2.35. The van der Waals surface area contributed by atoms with E-state index in [1.807, 2.05) is 5.43 Å². The molecule has 0 bridgehead atoms. The van der Waals surface area contributed by atoms with Crippen molar-refractivity contribution in [3.8, 4) is 0 Å². The monoisotopic (exact) mass is 277 g/mol. The number of alkyl halides is 3. The van der Waals surface area contributed by atoms with Crippen molar-refractivity contribution in [2.75, 3.05) is 5.01 Å². The standard InChI is InChI=1S/C10H7ClF3N3O/c11-7-1-2-8(6(3-7)5-18)17-4-9(15-16-17)10(12,13)14/h1-5,15-16H. The summed E-state index contributed by atoms with van der Waals surface area (Å²) in [6.07, 6.45) is -3.16. The number of hydrogen-bond acceptors (Lipinski definition) is 4. The third-order valence-electron chi connectivity index (χ3n) is 2.25. The molecule has 96 valence electrons. The Morgan fingerprint density at radius 1 is 1.33 bits per heavy atom. The van der Waals surface area contributed by atoms with Gasteiger partial charge in [0.05, 0.1) is 11.9 Å². The van der Waals surface area contributed by atoms with Crippen LogP contribution >= 0.6 is 11.6 Å². The van der Waals surface area contributed by atoms with Crippen LogP contribution < -0.4 is 16.0 Å². The summed E-state index contributed by atoms with van der Waals surface area (Å²) >= 11 is 5.69. The zero-order chi connectivity index (χ0) is 13.3. The largest absolute Gasteiger partial charge is 0.433 e. The smallest absolute Gasteiger partial charge is 0.298 e. The van der Waals surface area contributed by atoms with E-state index in [-0.39, 0.29) is 11.3 Å². The van der Waals surface area contributed by atoms with Crippen LogP contribution in [0.5, 0.6) is 0 Å². The van der Waals surface area contributed by atoms with E-state index in [9.17, 15) is 18.0 Å². The number of aldehydes is 1. The lowest BCUT2D eigenvalue weighted by atomic mass is 10.2. The van der Waals surface area contributed by atoms with Gasteiger partial charge < -0.3 is 0 Å². The molecule has 0 fully saturated rings. The van der Waals surface area contributed by atoms with Crippen LogP contribution in [0.15, 0.2) is 30.1 Å². The number of hydrogen-bond donors (Lipinski definition) is 2. The van der Waals surface area contributed by atoms with Crippen LogP contribution in [0.3, 0.4) is 0 Å². The highest BCUT2D eigenvalue weighted by Gasteiger charge is 2.37. The maximum Gasteiger partial charge on any atom is 0.433 e. The number of halogens is 4. The Morgan fingerprint density at radius 3 is 2.61 bits per heavy atom. The Labute approximate surface area is 105 Å². The molecular formula is C10H7ClF3N3O. The predicted octanol–water partition coefficient (Wildman–Crippen LogP) is 2.39. The highest BCUT2D eigenvalue weighted by Crippen LogP contribution is 2.29. The molecule has 0 saturated heterocycles. The van der Waals surface area contributed by atoms with Gasteiger partial charge in [-0.25, -0.2) is 0 Å². The van der Waals surface area contributed by atoms with Gasteiger partial charge in [-0.15, -0.1) is 5.53 Å². The molecule has 1 aromatic carbocycles. The molecule has 0 aliphatic carbocycles. The second kappa shape index (κ2) is 4.51. The van der Waals surface area contributed by atoms with Gasteiger partial charge in [0.1, 0.15) is 0 Å². The molecule has 8 heteroatoms. The number of nitrogens with one attached hydrogen (secondary N) is 2. The second-order valence-electron chi connectivity index (χ2n) is 3.47. The summed E-state index contributed by atoms with van der Waals surface area (Å²) < 4.78 is 37.2. The SMILES string of the molecule is O=Cc1cc(Cl)ccc1N1C=C(C(F)(F)F)NN1. The number of rotatable bonds is 2. The number of benzene rings is 1. The van der Waals surface area contributed by atoms with E-state index < -0.39 is 11.9 Å². The van der Waals surface area contributed by atoms with E-state index in [4.69, 9.17) is 11.6 Å². The third-order valence-corrected chi connectivity index (χ3v) is 2.49. The number of allylic oxidation sites excluding steroid dienone is 1. The molecular weight excluding hydrogens is 271 g/mol. The lowest BCUT2D eigenvalue weighted by Crippen LogP contribution is -2.38. The first-order valence-corrected chi connectivity index (χ1v) is 5.14. The number of nitrogens with zero attached hydrogens (tertiary/aromatic N) is 1. The minimum Gasteiger partial charge on any atom is -0.298 e. The van der Waals surface area contributed by atoms with Gasteiger partial charge in [0.25, 0.3) is 0 Å². The van der Waals surface area contributed by atoms with Crippen molar-refractivity contribution in [3.05, 3.63) is 40.7 Å². The first kappa shape index (κ1) is 12.7. The van der Waals surface area contributed by atoms with Gasteiger partial charge in [0.2, 0.25) is 0 Å². The lowest BCUT2D eigenvalue weighted by molar-refractivity contribution is -0.0965. The molecule has 1 heterocycles. The first-order chi connectivity index (χ1) is 8.41. The number of anilines is 1. The first-order valence-electron chi connectivity index (χ1n) is 4.76. The molecule has 0 saturated carbocycles. The Morgan fingerprint density at radius 2 is 2.06 bits per heavy atom. The van der Waals surface area contributed by atoms with Gasteiger partial charge in [0, 0.05) is 10.6 Å². The number of carbonyl (C=O) groups excluding carboxylic acids is 1. The maximum absolute atomic E-state index is 12.4. The highest BCUT2D eigenvalue weighted by atomic mass is 35.5. The summed E-state index contributed by atoms with van der Waals surface area (Å²) in [5.74, 6) is 0. The van der Waals surface area contributed by atoms with Gasteiger partial charge in [-0.05, 0) is 18.2 Å². The Kier molecular flexibility index (Phi) is 3.18. The van der Waals surface area contributed by atoms with Crippen LogP contribution in [-0.4, -0.2) is 12.5 Å². The van der Waals surface area contributed by atoms with Gasteiger partial charge in [-0.3, -0.25) is 15.2 Å². The molecule has 0 atom stereocenters. The van der Waals surface area contributed by atoms with Gasteiger partial charge in [0.15, 0.2) is 12.0 Å². The predicted molar refractivity (Wildman–Crippen MR) is 59.7 cm³/mol. The molecule has 2 rings (SSSR count). The molecule has 1 aliphatic heterocycles. The van der Waals surface area contributed by atoms with Crippen LogP contribution in [0.2, 0.25) is 5.02 Å². The fourth-order valence-corrected chi connectivity index (χ4v) is 1.61. The van der Waals surface area contributed by atoms with Gasteiger partial charge in [-0.2, -0.15) is 13.2 Å². The van der Waals surface area contributed by atoms with E-state index >= 15 is 0 Å². The third kappa shape index (κ3) is 2.41. The van der Waals surface area contributed by atoms with Crippen molar-refractivity contribution in [3.63, 3.8) is 0 Å². The van der Waals surface area contributed by atoms with Crippen LogP contribution in [0.4, 0.5) is 18.9 Å². The zero-order valence-corrected chi connectivity index (χ0v) is 9.51. The molecule has 0 unspecified atom stereocenters. The van der Waals surface area contributed by atoms with Crippen LogP contribution in [0.1, 0.15) is 10.4 Å². The maximum atomic E-state index is 12.4. The molecule has 0 radical (unpaired) electrons. The summed E-state index contributed by atoms with van der Waals surface area (Å²) in [5.41, 5.74) is 3.76. The molecule has 1 aliphatic rings. The van der Waals surface area contributed by atoms with Crippen LogP contribution in [-0.2, 0) is 0 Å². The highest BCUT2D eigenvalue weighted by molar-refractivity contribution is 6.31. The fourth-order valence-electron chi connectivity index (χ4n) is 1.43. The van der Waals surface area contributed by atoms with E-state index in [0.29, 0.717) is 11.3 Å². The second-order valence-corrected chi connectivity index (χ2v) is 3.90. The topological polar surface area (TPSA) is 44.4 Å². The zero-order valence-electron chi connectivity index (χ0n) is 8.75. The van der Waals surface area contributed by atoms with E-state index in [1.165, 1.54) is 18.2 Å². The van der Waals surface area contributed by atoms with Crippen molar-refractivity contribution in [2.45, 2.75) is 6.18 Å². The molecule has 4 nitrogen and oxygen atoms in total. The number of carbonyl (C=O) groups is 1. The van der Waals surface area contributed by atoms with Crippen molar-refractivity contribution >= 4 is 23.6 Å². The summed E-state index contributed by atoms with van der Waals surface area (Å²) in [7, 11) is 0. The van der Waals surface area contributed by atoms with Crippen molar-refractivity contribution in [1.82, 2.24) is 11.0 Å². The summed E-state index contributed by atoms with van der Waals surface area (Å²) in [4.78, 5) is 10.8. The van der Waals surface area contributed by atoms with Crippen molar-refractivity contribution in [2.24, 2.45) is 0 Å². The molecule has 0 spiro atoms. The average Bonchev–Trinajstić information content (AvgIpc) is 2.77. The summed E-state index contributed by atoms with van der Waals surface area (Å²) in [5, 5.41) is 1.39. The average molecular weight is 278 g/mol. The summed E-state index contributed by atoms with van der Waals surface area (Å²) in [6, 6.07) is 4.28. The minimum atomic E-state index is -4.49. The van der Waals surface area contributed by atoms with E-state index in [1.54, 1.807) is 0 Å². The molecule has 1 aromatic rings. The quantitative estimate of drug-likeness (QED) is 0.815. The molecule has 0 aromatic heterocycles.